The molecular weight excluding hydrogens is 334 g/mol. The molecule has 0 bridgehead atoms. The van der Waals surface area contributed by atoms with Gasteiger partial charge in [0.2, 0.25) is 5.91 Å². The zero-order valence-electron chi connectivity index (χ0n) is 14.7. The summed E-state index contributed by atoms with van der Waals surface area (Å²) in [4.78, 5) is 23.6. The van der Waals surface area contributed by atoms with Crippen LogP contribution in [0, 0.1) is 0 Å². The molecule has 0 radical (unpaired) electrons. The first-order chi connectivity index (χ1) is 12.6. The van der Waals surface area contributed by atoms with Crippen molar-refractivity contribution in [3.63, 3.8) is 0 Å². The number of nitrogens with one attached hydrogen (secondary N) is 3. The molecule has 1 aliphatic heterocycles. The minimum absolute atomic E-state index is 0.111. The van der Waals surface area contributed by atoms with Gasteiger partial charge in [-0.2, -0.15) is 0 Å². The lowest BCUT2D eigenvalue weighted by Crippen LogP contribution is -2.35. The van der Waals surface area contributed by atoms with Crippen LogP contribution < -0.4 is 25.4 Å². The maximum absolute atomic E-state index is 12.4. The number of carbonyl (C=O) groups excluding carboxylic acids is 2. The molecule has 2 aromatic carbocycles. The fourth-order valence-electron chi connectivity index (χ4n) is 2.88. The molecular formula is C19H21N3O4. The lowest BCUT2D eigenvalue weighted by Gasteiger charge is -2.26. The number of amides is 3. The molecule has 2 aromatic rings. The zero-order valence-corrected chi connectivity index (χ0v) is 14.7. The number of hydrogen-bond donors (Lipinski definition) is 3. The number of anilines is 2. The second-order valence-corrected chi connectivity index (χ2v) is 5.92. The zero-order chi connectivity index (χ0) is 18.5. The molecule has 3 rings (SSSR count). The summed E-state index contributed by atoms with van der Waals surface area (Å²) in [5.74, 6) is 1.07. The van der Waals surface area contributed by atoms with Crippen LogP contribution in [0.15, 0.2) is 42.5 Å². The van der Waals surface area contributed by atoms with Gasteiger partial charge in [-0.3, -0.25) is 4.79 Å². The molecule has 0 spiro atoms. The van der Waals surface area contributed by atoms with E-state index in [1.807, 2.05) is 24.3 Å². The van der Waals surface area contributed by atoms with E-state index in [1.165, 1.54) is 14.0 Å². The lowest BCUT2D eigenvalue weighted by atomic mass is 10.0. The SMILES string of the molecule is COc1cc(NC(=O)N[C@H]2CCOc3ccccc32)ccc1NC(C)=O. The predicted octanol–water partition coefficient (Wildman–Crippen LogP) is 3.30. The Balaban J connectivity index is 1.68. The molecule has 0 saturated heterocycles. The van der Waals surface area contributed by atoms with Crippen LogP contribution in [0.3, 0.4) is 0 Å². The maximum atomic E-state index is 12.4. The molecule has 7 heteroatoms. The Morgan fingerprint density at radius 1 is 1.15 bits per heavy atom. The molecule has 0 aromatic heterocycles. The molecule has 3 amide bonds. The maximum Gasteiger partial charge on any atom is 0.319 e. The smallest absolute Gasteiger partial charge is 0.319 e. The lowest BCUT2D eigenvalue weighted by molar-refractivity contribution is -0.114. The molecule has 0 saturated carbocycles. The van der Waals surface area contributed by atoms with Crippen LogP contribution >= 0.6 is 0 Å². The summed E-state index contributed by atoms with van der Waals surface area (Å²) in [5, 5.41) is 8.43. The first-order valence-electron chi connectivity index (χ1n) is 8.31. The third kappa shape index (κ3) is 4.05. The van der Waals surface area contributed by atoms with Crippen LogP contribution in [0.4, 0.5) is 16.2 Å². The molecule has 0 fully saturated rings. The van der Waals surface area contributed by atoms with E-state index in [0.29, 0.717) is 30.2 Å². The van der Waals surface area contributed by atoms with Crippen molar-refractivity contribution in [1.29, 1.82) is 0 Å². The molecule has 0 aliphatic carbocycles. The second-order valence-electron chi connectivity index (χ2n) is 5.92. The van der Waals surface area contributed by atoms with Gasteiger partial charge in [0.15, 0.2) is 0 Å². The van der Waals surface area contributed by atoms with Crippen molar-refractivity contribution < 1.29 is 19.1 Å². The van der Waals surface area contributed by atoms with Gasteiger partial charge < -0.3 is 25.4 Å². The largest absolute Gasteiger partial charge is 0.494 e. The highest BCUT2D eigenvalue weighted by atomic mass is 16.5. The Labute approximate surface area is 151 Å². The Morgan fingerprint density at radius 3 is 2.73 bits per heavy atom. The van der Waals surface area contributed by atoms with Crippen LogP contribution in [-0.2, 0) is 4.79 Å². The number of hydrogen-bond acceptors (Lipinski definition) is 4. The van der Waals surface area contributed by atoms with E-state index in [0.717, 1.165) is 11.3 Å². The van der Waals surface area contributed by atoms with E-state index in [1.54, 1.807) is 18.2 Å². The number of ether oxygens (including phenoxy) is 2. The number of carbonyl (C=O) groups is 2. The molecule has 0 unspecified atom stereocenters. The number of benzene rings is 2. The van der Waals surface area contributed by atoms with Gasteiger partial charge in [-0.1, -0.05) is 18.2 Å². The minimum Gasteiger partial charge on any atom is -0.494 e. The molecule has 1 aliphatic rings. The molecule has 26 heavy (non-hydrogen) atoms. The summed E-state index contributed by atoms with van der Waals surface area (Å²) in [6.45, 7) is 1.98. The highest BCUT2D eigenvalue weighted by Gasteiger charge is 2.22. The predicted molar refractivity (Wildman–Crippen MR) is 98.7 cm³/mol. The highest BCUT2D eigenvalue weighted by molar-refractivity contribution is 5.93. The van der Waals surface area contributed by atoms with E-state index in [9.17, 15) is 9.59 Å². The van der Waals surface area contributed by atoms with Crippen molar-refractivity contribution in [2.45, 2.75) is 19.4 Å². The Morgan fingerprint density at radius 2 is 1.96 bits per heavy atom. The Kier molecular flexibility index (Phi) is 5.26. The quantitative estimate of drug-likeness (QED) is 0.785. The monoisotopic (exact) mass is 355 g/mol. The van der Waals surface area contributed by atoms with Crippen molar-refractivity contribution in [3.05, 3.63) is 48.0 Å². The third-order valence-electron chi connectivity index (χ3n) is 4.03. The number of rotatable bonds is 4. The first-order valence-corrected chi connectivity index (χ1v) is 8.31. The topological polar surface area (TPSA) is 88.7 Å². The van der Waals surface area contributed by atoms with Crippen molar-refractivity contribution in [1.82, 2.24) is 5.32 Å². The van der Waals surface area contributed by atoms with E-state index in [-0.39, 0.29) is 18.0 Å². The number of para-hydroxylation sites is 1. The third-order valence-corrected chi connectivity index (χ3v) is 4.03. The van der Waals surface area contributed by atoms with Crippen LogP contribution in [-0.4, -0.2) is 25.7 Å². The van der Waals surface area contributed by atoms with Crippen LogP contribution in [0.5, 0.6) is 11.5 Å². The summed E-state index contributed by atoms with van der Waals surface area (Å²) < 4.78 is 10.9. The molecule has 3 N–H and O–H groups in total. The van der Waals surface area contributed by atoms with Gasteiger partial charge in [-0.25, -0.2) is 4.79 Å². The van der Waals surface area contributed by atoms with E-state index >= 15 is 0 Å². The van der Waals surface area contributed by atoms with Crippen molar-refractivity contribution >= 4 is 23.3 Å². The number of fused-ring (bicyclic) bond motifs is 1. The van der Waals surface area contributed by atoms with Gasteiger partial charge in [0.05, 0.1) is 25.4 Å². The number of methoxy groups -OCH3 is 1. The van der Waals surface area contributed by atoms with Gasteiger partial charge in [-0.15, -0.1) is 0 Å². The van der Waals surface area contributed by atoms with E-state index in [4.69, 9.17) is 9.47 Å². The fourth-order valence-corrected chi connectivity index (χ4v) is 2.88. The van der Waals surface area contributed by atoms with Crippen molar-refractivity contribution in [3.8, 4) is 11.5 Å². The van der Waals surface area contributed by atoms with Gasteiger partial charge >= 0.3 is 6.03 Å². The standard InChI is InChI=1S/C19H21N3O4/c1-12(23)20-16-8-7-13(11-18(16)25-2)21-19(24)22-15-9-10-26-17-6-4-3-5-14(15)17/h3-8,11,15H,9-10H2,1-2H3,(H,20,23)(H2,21,22,24)/t15-/m0/s1. The molecule has 136 valence electrons. The Bertz CT molecular complexity index is 822. The first kappa shape index (κ1) is 17.6. The fraction of sp³-hybridized carbons (Fsp3) is 0.263. The van der Waals surface area contributed by atoms with Crippen LogP contribution in [0.1, 0.15) is 24.9 Å². The summed E-state index contributed by atoms with van der Waals surface area (Å²) >= 11 is 0. The Hall–Kier alpha value is -3.22. The summed E-state index contributed by atoms with van der Waals surface area (Å²) in [6.07, 6.45) is 0.704. The van der Waals surface area contributed by atoms with Gasteiger partial charge in [0, 0.05) is 30.7 Å². The van der Waals surface area contributed by atoms with Crippen molar-refractivity contribution in [2.75, 3.05) is 24.4 Å². The van der Waals surface area contributed by atoms with Crippen LogP contribution in [0.25, 0.3) is 0 Å². The minimum atomic E-state index is -0.318. The van der Waals surface area contributed by atoms with Crippen LogP contribution in [0.2, 0.25) is 0 Å². The number of urea groups is 1. The van der Waals surface area contributed by atoms with E-state index < -0.39 is 0 Å². The van der Waals surface area contributed by atoms with Gasteiger partial charge in [0.25, 0.3) is 0 Å². The highest BCUT2D eigenvalue weighted by Crippen LogP contribution is 2.32. The second kappa shape index (κ2) is 7.77. The van der Waals surface area contributed by atoms with Gasteiger partial charge in [-0.05, 0) is 18.2 Å². The normalized spacial score (nSPS) is 15.2. The van der Waals surface area contributed by atoms with E-state index in [2.05, 4.69) is 16.0 Å². The molecule has 1 atom stereocenters. The summed E-state index contributed by atoms with van der Waals surface area (Å²) in [6, 6.07) is 12.3. The van der Waals surface area contributed by atoms with Gasteiger partial charge in [0.1, 0.15) is 11.5 Å². The average molecular weight is 355 g/mol. The van der Waals surface area contributed by atoms with Crippen molar-refractivity contribution in [2.24, 2.45) is 0 Å². The molecule has 1 heterocycles. The summed E-state index contributed by atoms with van der Waals surface area (Å²) in [5.41, 5.74) is 2.07. The molecule has 7 nitrogen and oxygen atoms in total. The average Bonchev–Trinajstić information content (AvgIpc) is 2.63. The summed E-state index contributed by atoms with van der Waals surface area (Å²) in [7, 11) is 1.50.